The Bertz CT molecular complexity index is 365. The molecule has 0 aliphatic rings. The zero-order chi connectivity index (χ0) is 12.0. The van der Waals surface area contributed by atoms with Gasteiger partial charge in [0.2, 0.25) is 0 Å². The summed E-state index contributed by atoms with van der Waals surface area (Å²) in [5.74, 6) is -0.426. The Morgan fingerprint density at radius 3 is 2.81 bits per heavy atom. The van der Waals surface area contributed by atoms with Crippen molar-refractivity contribution in [2.24, 2.45) is 0 Å². The molecule has 16 heavy (non-hydrogen) atoms. The van der Waals surface area contributed by atoms with Crippen molar-refractivity contribution >= 4 is 21.9 Å². The average molecular weight is 289 g/mol. The van der Waals surface area contributed by atoms with Gasteiger partial charge in [-0.15, -0.1) is 0 Å². The smallest absolute Gasteiger partial charge is 0.335 e. The normalized spacial score (nSPS) is 10.1. The van der Waals surface area contributed by atoms with Crippen LogP contribution in [-0.2, 0) is 4.74 Å². The molecule has 0 bridgehead atoms. The highest BCUT2D eigenvalue weighted by Gasteiger charge is 2.07. The van der Waals surface area contributed by atoms with Crippen molar-refractivity contribution in [2.45, 2.75) is 6.42 Å². The molecule has 1 aromatic carbocycles. The van der Waals surface area contributed by atoms with Gasteiger partial charge in [-0.2, -0.15) is 0 Å². The molecule has 0 aliphatic carbocycles. The summed E-state index contributed by atoms with van der Waals surface area (Å²) in [5.41, 5.74) is 0.213. The largest absolute Gasteiger partial charge is 0.492 e. The SMILES string of the molecule is COCCCOc1cc(C(=O)O)ccc1Br. The maximum absolute atomic E-state index is 10.7. The van der Waals surface area contributed by atoms with Crippen LogP contribution in [0.25, 0.3) is 0 Å². The van der Waals surface area contributed by atoms with E-state index in [0.717, 1.165) is 10.9 Å². The van der Waals surface area contributed by atoms with Gasteiger partial charge >= 0.3 is 5.97 Å². The number of ether oxygens (including phenoxy) is 2. The van der Waals surface area contributed by atoms with Gasteiger partial charge in [0.25, 0.3) is 0 Å². The lowest BCUT2D eigenvalue weighted by atomic mass is 10.2. The molecule has 5 heteroatoms. The number of benzene rings is 1. The second kappa shape index (κ2) is 6.50. The summed E-state index contributed by atoms with van der Waals surface area (Å²) in [6, 6.07) is 4.68. The number of methoxy groups -OCH3 is 1. The first-order valence-electron chi connectivity index (χ1n) is 4.79. The van der Waals surface area contributed by atoms with Crippen LogP contribution in [0, 0.1) is 0 Å². The quantitative estimate of drug-likeness (QED) is 0.818. The molecule has 0 unspecified atom stereocenters. The molecule has 0 heterocycles. The molecule has 1 N–H and O–H groups in total. The zero-order valence-electron chi connectivity index (χ0n) is 8.90. The van der Waals surface area contributed by atoms with Crippen LogP contribution >= 0.6 is 15.9 Å². The molecule has 88 valence electrons. The van der Waals surface area contributed by atoms with E-state index in [-0.39, 0.29) is 5.56 Å². The van der Waals surface area contributed by atoms with Crippen LogP contribution in [-0.4, -0.2) is 31.4 Å². The minimum absolute atomic E-state index is 0.213. The van der Waals surface area contributed by atoms with Gasteiger partial charge in [-0.05, 0) is 34.1 Å². The molecule has 0 aromatic heterocycles. The standard InChI is InChI=1S/C11H13BrO4/c1-15-5-2-6-16-10-7-8(11(13)14)3-4-9(10)12/h3-4,7H,2,5-6H2,1H3,(H,13,14). The number of hydrogen-bond acceptors (Lipinski definition) is 3. The summed E-state index contributed by atoms with van der Waals surface area (Å²) in [6.07, 6.45) is 0.764. The van der Waals surface area contributed by atoms with E-state index < -0.39 is 5.97 Å². The molecule has 0 radical (unpaired) electrons. The fraction of sp³-hybridized carbons (Fsp3) is 0.364. The van der Waals surface area contributed by atoms with Crippen molar-refractivity contribution in [1.29, 1.82) is 0 Å². The van der Waals surface area contributed by atoms with Gasteiger partial charge in [-0.3, -0.25) is 0 Å². The van der Waals surface area contributed by atoms with Crippen molar-refractivity contribution in [2.75, 3.05) is 20.3 Å². The van der Waals surface area contributed by atoms with Gasteiger partial charge in [0, 0.05) is 20.1 Å². The minimum atomic E-state index is -0.964. The average Bonchev–Trinajstić information content (AvgIpc) is 2.26. The van der Waals surface area contributed by atoms with Crippen LogP contribution in [0.1, 0.15) is 16.8 Å². The van der Waals surface area contributed by atoms with Crippen molar-refractivity contribution in [3.8, 4) is 5.75 Å². The zero-order valence-corrected chi connectivity index (χ0v) is 10.5. The molecular formula is C11H13BrO4. The van der Waals surface area contributed by atoms with Gasteiger partial charge in [0.1, 0.15) is 5.75 Å². The van der Waals surface area contributed by atoms with Gasteiger partial charge in [-0.25, -0.2) is 4.79 Å². The molecule has 0 saturated carbocycles. The number of carboxylic acids is 1. The lowest BCUT2D eigenvalue weighted by molar-refractivity contribution is 0.0696. The Labute approximate surface area is 102 Å². The first-order chi connectivity index (χ1) is 7.65. The van der Waals surface area contributed by atoms with E-state index in [1.54, 1.807) is 13.2 Å². The van der Waals surface area contributed by atoms with Crippen LogP contribution < -0.4 is 4.74 Å². The van der Waals surface area contributed by atoms with E-state index >= 15 is 0 Å². The monoisotopic (exact) mass is 288 g/mol. The molecule has 0 saturated heterocycles. The van der Waals surface area contributed by atoms with Crippen LogP contribution in [0.2, 0.25) is 0 Å². The number of carbonyl (C=O) groups is 1. The number of hydrogen-bond donors (Lipinski definition) is 1. The molecule has 0 aliphatic heterocycles. The summed E-state index contributed by atoms with van der Waals surface area (Å²) < 4.78 is 11.1. The Kier molecular flexibility index (Phi) is 5.28. The highest BCUT2D eigenvalue weighted by molar-refractivity contribution is 9.10. The third-order valence-electron chi connectivity index (χ3n) is 1.93. The molecule has 1 aromatic rings. The third-order valence-corrected chi connectivity index (χ3v) is 2.58. The first-order valence-corrected chi connectivity index (χ1v) is 5.59. The molecular weight excluding hydrogens is 276 g/mol. The number of halogens is 1. The lowest BCUT2D eigenvalue weighted by Gasteiger charge is -2.08. The topological polar surface area (TPSA) is 55.8 Å². The fourth-order valence-corrected chi connectivity index (χ4v) is 1.49. The molecule has 1 rings (SSSR count). The van der Waals surface area contributed by atoms with Crippen molar-refractivity contribution in [3.05, 3.63) is 28.2 Å². The van der Waals surface area contributed by atoms with Gasteiger partial charge in [0.05, 0.1) is 16.6 Å². The van der Waals surface area contributed by atoms with Crippen LogP contribution in [0.3, 0.4) is 0 Å². The summed E-state index contributed by atoms with van der Waals surface area (Å²) >= 11 is 3.30. The maximum atomic E-state index is 10.7. The van der Waals surface area contributed by atoms with E-state index in [1.165, 1.54) is 12.1 Å². The van der Waals surface area contributed by atoms with Crippen LogP contribution in [0.5, 0.6) is 5.75 Å². The summed E-state index contributed by atoms with van der Waals surface area (Å²) in [7, 11) is 1.63. The van der Waals surface area contributed by atoms with E-state index in [9.17, 15) is 4.79 Å². The van der Waals surface area contributed by atoms with E-state index in [1.807, 2.05) is 0 Å². The summed E-state index contributed by atoms with van der Waals surface area (Å²) in [6.45, 7) is 1.12. The van der Waals surface area contributed by atoms with Crippen LogP contribution in [0.15, 0.2) is 22.7 Å². The van der Waals surface area contributed by atoms with Crippen molar-refractivity contribution < 1.29 is 19.4 Å². The number of aromatic carboxylic acids is 1. The fourth-order valence-electron chi connectivity index (χ4n) is 1.13. The molecule has 4 nitrogen and oxygen atoms in total. The summed E-state index contributed by atoms with van der Waals surface area (Å²) in [4.78, 5) is 10.7. The third kappa shape index (κ3) is 3.83. The minimum Gasteiger partial charge on any atom is -0.492 e. The Morgan fingerprint density at radius 1 is 1.44 bits per heavy atom. The second-order valence-corrected chi connectivity index (χ2v) is 4.00. The van der Waals surface area contributed by atoms with Gasteiger partial charge in [-0.1, -0.05) is 0 Å². The maximum Gasteiger partial charge on any atom is 0.335 e. The molecule has 0 fully saturated rings. The number of carboxylic acid groups (broad SMARTS) is 1. The second-order valence-electron chi connectivity index (χ2n) is 3.15. The van der Waals surface area contributed by atoms with Crippen LogP contribution in [0.4, 0.5) is 0 Å². The van der Waals surface area contributed by atoms with Crippen molar-refractivity contribution in [3.63, 3.8) is 0 Å². The highest BCUT2D eigenvalue weighted by atomic mass is 79.9. The molecule has 0 atom stereocenters. The van der Waals surface area contributed by atoms with E-state index in [2.05, 4.69) is 15.9 Å². The van der Waals surface area contributed by atoms with E-state index in [4.69, 9.17) is 14.6 Å². The Hall–Kier alpha value is -1.07. The van der Waals surface area contributed by atoms with Crippen molar-refractivity contribution in [1.82, 2.24) is 0 Å². The first kappa shape index (κ1) is 13.0. The van der Waals surface area contributed by atoms with Gasteiger partial charge in [0.15, 0.2) is 0 Å². The Morgan fingerprint density at radius 2 is 2.19 bits per heavy atom. The Balaban J connectivity index is 2.63. The predicted octanol–water partition coefficient (Wildman–Crippen LogP) is 2.56. The highest BCUT2D eigenvalue weighted by Crippen LogP contribution is 2.26. The number of rotatable bonds is 6. The summed E-state index contributed by atoms with van der Waals surface area (Å²) in [5, 5.41) is 8.82. The predicted molar refractivity (Wildman–Crippen MR) is 63.1 cm³/mol. The lowest BCUT2D eigenvalue weighted by Crippen LogP contribution is -2.03. The molecule has 0 spiro atoms. The molecule has 0 amide bonds. The van der Waals surface area contributed by atoms with Gasteiger partial charge < -0.3 is 14.6 Å². The van der Waals surface area contributed by atoms with E-state index in [0.29, 0.717) is 19.0 Å².